The number of fused-ring (bicyclic) bond motifs is 1. The zero-order valence-electron chi connectivity index (χ0n) is 26.0. The number of unbranched alkanes of at least 4 members (excludes halogenated alkanes) is 2. The summed E-state index contributed by atoms with van der Waals surface area (Å²) in [5.41, 5.74) is 5.30. The number of aromatic amines is 1. The second-order valence-corrected chi connectivity index (χ2v) is 11.4. The van der Waals surface area contributed by atoms with Gasteiger partial charge >= 0.3 is 5.69 Å². The number of hydrogen-bond donors (Lipinski definition) is 1. The Morgan fingerprint density at radius 2 is 1.56 bits per heavy atom. The van der Waals surface area contributed by atoms with E-state index < -0.39 is 0 Å². The molecule has 6 aromatic rings. The second-order valence-electron chi connectivity index (χ2n) is 11.4. The molecule has 3 aromatic carbocycles. The van der Waals surface area contributed by atoms with Gasteiger partial charge in [-0.1, -0.05) is 106 Å². The summed E-state index contributed by atoms with van der Waals surface area (Å²) in [6, 6.07) is 25.9. The first-order valence-corrected chi connectivity index (χ1v) is 15.7. The molecule has 0 aliphatic rings. The van der Waals surface area contributed by atoms with E-state index in [-0.39, 0.29) is 17.3 Å². The molecule has 0 aliphatic heterocycles. The van der Waals surface area contributed by atoms with Gasteiger partial charge in [0.25, 0.3) is 5.56 Å². The van der Waals surface area contributed by atoms with Crippen LogP contribution in [-0.2, 0) is 19.5 Å². The van der Waals surface area contributed by atoms with Crippen LogP contribution in [-0.4, -0.2) is 39.3 Å². The average molecular weight is 603 g/mol. The molecule has 10 nitrogen and oxygen atoms in total. The molecule has 0 saturated carbocycles. The smallest absolute Gasteiger partial charge is 0.318 e. The Balaban J connectivity index is 1.47. The maximum Gasteiger partial charge on any atom is 0.333 e. The van der Waals surface area contributed by atoms with Crippen LogP contribution in [0.4, 0.5) is 0 Å². The Hall–Kier alpha value is -5.12. The van der Waals surface area contributed by atoms with Gasteiger partial charge in [-0.15, -0.1) is 5.10 Å². The van der Waals surface area contributed by atoms with E-state index in [1.165, 1.54) is 4.57 Å². The van der Waals surface area contributed by atoms with Gasteiger partial charge in [0.2, 0.25) is 0 Å². The van der Waals surface area contributed by atoms with Crippen LogP contribution in [0.15, 0.2) is 88.5 Å². The number of tetrazole rings is 1. The normalized spacial score (nSPS) is 12.2. The highest BCUT2D eigenvalue weighted by molar-refractivity contribution is 5.80. The highest BCUT2D eigenvalue weighted by atomic mass is 16.2. The third-order valence-corrected chi connectivity index (χ3v) is 8.39. The molecule has 3 heterocycles. The Labute approximate surface area is 261 Å². The molecule has 1 atom stereocenters. The Kier molecular flexibility index (Phi) is 8.81. The first kappa shape index (κ1) is 29.9. The molecule has 0 saturated heterocycles. The lowest BCUT2D eigenvalue weighted by Gasteiger charge is -2.18. The summed E-state index contributed by atoms with van der Waals surface area (Å²) in [6.45, 7) is 6.96. The molecule has 0 radical (unpaired) electrons. The predicted octanol–water partition coefficient (Wildman–Crippen LogP) is 6.01. The van der Waals surface area contributed by atoms with Crippen molar-refractivity contribution in [3.05, 3.63) is 117 Å². The molecule has 3 aromatic heterocycles. The lowest BCUT2D eigenvalue weighted by atomic mass is 9.98. The number of imidazole rings is 1. The lowest BCUT2D eigenvalue weighted by Crippen LogP contribution is -2.41. The van der Waals surface area contributed by atoms with Crippen LogP contribution in [0.25, 0.3) is 33.7 Å². The number of nitrogens with zero attached hydrogens (tertiary/aromatic N) is 7. The van der Waals surface area contributed by atoms with E-state index in [1.54, 1.807) is 4.57 Å². The molecular formula is C35H38N8O2. The number of rotatable bonds is 12. The highest BCUT2D eigenvalue weighted by Gasteiger charge is 2.24. The topological polar surface area (TPSA) is 116 Å². The Morgan fingerprint density at radius 3 is 2.24 bits per heavy atom. The molecule has 0 amide bonds. The van der Waals surface area contributed by atoms with Gasteiger partial charge in [0.15, 0.2) is 17.0 Å². The van der Waals surface area contributed by atoms with E-state index in [9.17, 15) is 9.59 Å². The third kappa shape index (κ3) is 5.87. The maximum absolute atomic E-state index is 14.1. The Morgan fingerprint density at radius 1 is 0.822 bits per heavy atom. The molecule has 10 heteroatoms. The second kappa shape index (κ2) is 13.3. The summed E-state index contributed by atoms with van der Waals surface area (Å²) in [5.74, 6) is 1.43. The first-order valence-electron chi connectivity index (χ1n) is 15.7. The molecule has 1 unspecified atom stereocenters. The number of nitrogens with one attached hydrogen (secondary N) is 1. The van der Waals surface area contributed by atoms with Gasteiger partial charge in [0.05, 0.1) is 6.04 Å². The minimum atomic E-state index is -0.319. The molecule has 230 valence electrons. The third-order valence-electron chi connectivity index (χ3n) is 8.39. The summed E-state index contributed by atoms with van der Waals surface area (Å²) in [5, 5.41) is 14.4. The monoisotopic (exact) mass is 602 g/mol. The number of aromatic nitrogens is 8. The molecule has 0 bridgehead atoms. The number of hydrogen-bond acceptors (Lipinski definition) is 6. The van der Waals surface area contributed by atoms with E-state index in [2.05, 4.69) is 51.8 Å². The first-order chi connectivity index (χ1) is 22.0. The minimum Gasteiger partial charge on any atom is -0.318 e. The van der Waals surface area contributed by atoms with Crippen molar-refractivity contribution in [1.82, 2.24) is 39.3 Å². The molecule has 0 fully saturated rings. The fraction of sp³-hybridized carbons (Fsp3) is 0.314. The number of benzene rings is 3. The van der Waals surface area contributed by atoms with Gasteiger partial charge in [-0.3, -0.25) is 13.9 Å². The molecule has 1 N–H and O–H groups in total. The van der Waals surface area contributed by atoms with Crippen molar-refractivity contribution in [2.75, 3.05) is 0 Å². The molecule has 0 spiro atoms. The number of aryl methyl sites for hydroxylation is 1. The Bertz CT molecular complexity index is 2010. The van der Waals surface area contributed by atoms with Crippen LogP contribution in [0, 0.1) is 0 Å². The van der Waals surface area contributed by atoms with Crippen molar-refractivity contribution in [3.8, 4) is 22.5 Å². The van der Waals surface area contributed by atoms with Crippen LogP contribution in [0.5, 0.6) is 0 Å². The van der Waals surface area contributed by atoms with Crippen molar-refractivity contribution < 1.29 is 0 Å². The van der Waals surface area contributed by atoms with Crippen molar-refractivity contribution in [2.45, 2.75) is 72.0 Å². The quantitative estimate of drug-likeness (QED) is 0.172. The zero-order valence-corrected chi connectivity index (χ0v) is 26.0. The van der Waals surface area contributed by atoms with E-state index in [4.69, 9.17) is 4.98 Å². The van der Waals surface area contributed by atoms with Gasteiger partial charge in [-0.05, 0) is 52.4 Å². The largest absolute Gasteiger partial charge is 0.333 e. The van der Waals surface area contributed by atoms with Gasteiger partial charge in [-0.25, -0.2) is 14.9 Å². The summed E-state index contributed by atoms with van der Waals surface area (Å²) in [4.78, 5) is 33.0. The zero-order chi connectivity index (χ0) is 31.3. The van der Waals surface area contributed by atoms with Crippen molar-refractivity contribution in [1.29, 1.82) is 0 Å². The van der Waals surface area contributed by atoms with Crippen molar-refractivity contribution >= 4 is 11.2 Å². The van der Waals surface area contributed by atoms with Gasteiger partial charge in [0, 0.05) is 25.1 Å². The molecule has 0 aliphatic carbocycles. The highest BCUT2D eigenvalue weighted by Crippen LogP contribution is 2.30. The van der Waals surface area contributed by atoms with Crippen molar-refractivity contribution in [3.63, 3.8) is 0 Å². The SMILES string of the molecule is CCCCCc1nc2c(c(=O)n(CCC)c(=O)n2C(C)c2ccccc2)n1Cc1ccc(-c2ccccc2-c2nnn[nH]2)cc1. The van der Waals surface area contributed by atoms with Crippen LogP contribution in [0.1, 0.15) is 69.4 Å². The molecule has 45 heavy (non-hydrogen) atoms. The molecule has 6 rings (SSSR count). The van der Waals surface area contributed by atoms with Crippen LogP contribution >= 0.6 is 0 Å². The summed E-state index contributed by atoms with van der Waals surface area (Å²) >= 11 is 0. The van der Waals surface area contributed by atoms with Gasteiger partial charge < -0.3 is 4.57 Å². The van der Waals surface area contributed by atoms with E-state index in [1.807, 2.05) is 73.0 Å². The summed E-state index contributed by atoms with van der Waals surface area (Å²) in [6.07, 6.45) is 4.48. The van der Waals surface area contributed by atoms with Crippen LogP contribution in [0.3, 0.4) is 0 Å². The van der Waals surface area contributed by atoms with Gasteiger partial charge in [0.1, 0.15) is 5.82 Å². The van der Waals surface area contributed by atoms with Gasteiger partial charge in [-0.2, -0.15) is 0 Å². The van der Waals surface area contributed by atoms with Crippen LogP contribution < -0.4 is 11.2 Å². The summed E-state index contributed by atoms with van der Waals surface area (Å²) in [7, 11) is 0. The fourth-order valence-electron chi connectivity index (χ4n) is 6.03. The van der Waals surface area contributed by atoms with E-state index in [0.717, 1.165) is 59.3 Å². The fourth-order valence-corrected chi connectivity index (χ4v) is 6.03. The van der Waals surface area contributed by atoms with Crippen LogP contribution in [0.2, 0.25) is 0 Å². The average Bonchev–Trinajstić information content (AvgIpc) is 3.73. The van der Waals surface area contributed by atoms with Crippen molar-refractivity contribution in [2.24, 2.45) is 0 Å². The van der Waals surface area contributed by atoms with E-state index in [0.29, 0.717) is 36.5 Å². The summed E-state index contributed by atoms with van der Waals surface area (Å²) < 4.78 is 5.13. The minimum absolute atomic E-state index is 0.284. The maximum atomic E-state index is 14.1. The van der Waals surface area contributed by atoms with E-state index >= 15 is 0 Å². The lowest BCUT2D eigenvalue weighted by molar-refractivity contribution is 0.536. The molecular weight excluding hydrogens is 564 g/mol. The predicted molar refractivity (Wildman–Crippen MR) is 176 cm³/mol. The number of H-pyrrole nitrogens is 1. The standard InChI is InChI=1S/C35H38N8O2/c1-4-6-8-17-30-36-33-31(34(44)41(22-5-2)35(45)43(33)24(3)26-13-9-7-10-14-26)42(30)23-25-18-20-27(21-19-25)28-15-11-12-16-29(28)32-37-39-40-38-32/h7,9-16,18-21,24H,4-6,8,17,22-23H2,1-3H3,(H,37,38,39,40).